The highest BCUT2D eigenvalue weighted by Crippen LogP contribution is 2.28. The molecule has 1 aliphatic carbocycles. The van der Waals surface area contributed by atoms with Crippen molar-refractivity contribution in [3.05, 3.63) is 0 Å². The molecule has 1 saturated carbocycles. The number of hydrogen-bond acceptors (Lipinski definition) is 2. The third kappa shape index (κ3) is 5.94. The van der Waals surface area contributed by atoms with Crippen LogP contribution in [0.5, 0.6) is 0 Å². The molecule has 112 valence electrons. The second-order valence-corrected chi connectivity index (χ2v) is 7.25. The number of amides is 1. The quantitative estimate of drug-likeness (QED) is 0.804. The van der Waals surface area contributed by atoms with Gasteiger partial charge in [0.1, 0.15) is 0 Å². The van der Waals surface area contributed by atoms with Crippen molar-refractivity contribution in [2.45, 2.75) is 84.7 Å². The molecule has 1 aliphatic rings. The largest absolute Gasteiger partial charge is 0.353 e. The molecule has 3 nitrogen and oxygen atoms in total. The van der Waals surface area contributed by atoms with Gasteiger partial charge in [0.05, 0.1) is 0 Å². The van der Waals surface area contributed by atoms with E-state index >= 15 is 0 Å². The Morgan fingerprint density at radius 3 is 2.32 bits per heavy atom. The molecule has 0 radical (unpaired) electrons. The molecule has 0 aromatic rings. The fourth-order valence-electron chi connectivity index (χ4n) is 2.80. The molecule has 0 aromatic carbocycles. The average molecular weight is 268 g/mol. The summed E-state index contributed by atoms with van der Waals surface area (Å²) in [5.74, 6) is 1.01. The predicted octanol–water partition coefficient (Wildman–Crippen LogP) is 3.23. The Hall–Kier alpha value is -0.570. The first-order valence-corrected chi connectivity index (χ1v) is 7.87. The van der Waals surface area contributed by atoms with Gasteiger partial charge in [-0.2, -0.15) is 0 Å². The summed E-state index contributed by atoms with van der Waals surface area (Å²) in [6.45, 7) is 8.50. The monoisotopic (exact) mass is 268 g/mol. The highest BCUT2D eigenvalue weighted by atomic mass is 16.1. The topological polar surface area (TPSA) is 55.1 Å². The average Bonchev–Trinajstić information content (AvgIpc) is 2.30. The Morgan fingerprint density at radius 1 is 1.26 bits per heavy atom. The lowest BCUT2D eigenvalue weighted by Crippen LogP contribution is -2.43. The highest BCUT2D eigenvalue weighted by Gasteiger charge is 2.26. The van der Waals surface area contributed by atoms with Crippen LogP contribution in [0.15, 0.2) is 0 Å². The summed E-state index contributed by atoms with van der Waals surface area (Å²) in [6, 6.07) is 0.316. The van der Waals surface area contributed by atoms with Crippen molar-refractivity contribution in [2.24, 2.45) is 17.1 Å². The van der Waals surface area contributed by atoms with Gasteiger partial charge in [-0.3, -0.25) is 4.79 Å². The SMILES string of the molecule is CCCC1CCC(NC(=O)CC(N)C(C)(C)C)CC1. The van der Waals surface area contributed by atoms with E-state index in [2.05, 4.69) is 33.0 Å². The van der Waals surface area contributed by atoms with E-state index in [-0.39, 0.29) is 17.4 Å². The van der Waals surface area contributed by atoms with E-state index < -0.39 is 0 Å². The van der Waals surface area contributed by atoms with Crippen molar-refractivity contribution in [3.63, 3.8) is 0 Å². The van der Waals surface area contributed by atoms with Crippen molar-refractivity contribution < 1.29 is 4.79 Å². The van der Waals surface area contributed by atoms with Gasteiger partial charge in [-0.05, 0) is 37.0 Å². The minimum absolute atomic E-state index is 0.00384. The molecule has 0 aliphatic heterocycles. The van der Waals surface area contributed by atoms with E-state index in [1.807, 2.05) is 0 Å². The zero-order valence-corrected chi connectivity index (χ0v) is 13.2. The van der Waals surface area contributed by atoms with Crippen LogP contribution >= 0.6 is 0 Å². The summed E-state index contributed by atoms with van der Waals surface area (Å²) in [5.41, 5.74) is 6.05. The summed E-state index contributed by atoms with van der Waals surface area (Å²) in [5, 5.41) is 3.17. The summed E-state index contributed by atoms with van der Waals surface area (Å²) in [4.78, 5) is 12.0. The third-order valence-corrected chi connectivity index (χ3v) is 4.43. The Bertz CT molecular complexity index is 275. The maximum Gasteiger partial charge on any atom is 0.221 e. The van der Waals surface area contributed by atoms with E-state index in [1.165, 1.54) is 25.7 Å². The van der Waals surface area contributed by atoms with Crippen molar-refractivity contribution >= 4 is 5.91 Å². The molecule has 0 heterocycles. The van der Waals surface area contributed by atoms with E-state index in [9.17, 15) is 4.79 Å². The fraction of sp³-hybridized carbons (Fsp3) is 0.938. The summed E-state index contributed by atoms with van der Waals surface area (Å²) >= 11 is 0. The van der Waals surface area contributed by atoms with Gasteiger partial charge < -0.3 is 11.1 Å². The maximum atomic E-state index is 12.0. The zero-order chi connectivity index (χ0) is 14.5. The predicted molar refractivity (Wildman–Crippen MR) is 80.8 cm³/mol. The normalized spacial score (nSPS) is 25.9. The summed E-state index contributed by atoms with van der Waals surface area (Å²) < 4.78 is 0. The van der Waals surface area contributed by atoms with E-state index in [0.29, 0.717) is 12.5 Å². The molecule has 0 bridgehead atoms. The molecule has 1 fully saturated rings. The van der Waals surface area contributed by atoms with E-state index in [1.54, 1.807) is 0 Å². The second-order valence-electron chi connectivity index (χ2n) is 7.25. The van der Waals surface area contributed by atoms with Crippen LogP contribution in [0.3, 0.4) is 0 Å². The first-order valence-electron chi connectivity index (χ1n) is 7.87. The standard InChI is InChI=1S/C16H32N2O/c1-5-6-12-7-9-13(10-8-12)18-15(19)11-14(17)16(2,3)4/h12-14H,5-11,17H2,1-4H3,(H,18,19). The number of carbonyl (C=O) groups excluding carboxylic acids is 1. The van der Waals surface area contributed by atoms with Crippen LogP contribution in [0.4, 0.5) is 0 Å². The third-order valence-electron chi connectivity index (χ3n) is 4.43. The highest BCUT2D eigenvalue weighted by molar-refractivity contribution is 5.77. The second kappa shape index (κ2) is 7.28. The van der Waals surface area contributed by atoms with Crippen LogP contribution in [0, 0.1) is 11.3 Å². The number of nitrogens with one attached hydrogen (secondary N) is 1. The minimum atomic E-state index is -0.0658. The molecule has 0 saturated heterocycles. The van der Waals surface area contributed by atoms with Crippen LogP contribution in [0.2, 0.25) is 0 Å². The molecule has 19 heavy (non-hydrogen) atoms. The maximum absolute atomic E-state index is 12.0. The van der Waals surface area contributed by atoms with Gasteiger partial charge in [-0.1, -0.05) is 40.5 Å². The molecule has 1 atom stereocenters. The Morgan fingerprint density at radius 2 is 1.84 bits per heavy atom. The van der Waals surface area contributed by atoms with Gasteiger partial charge in [0.2, 0.25) is 5.91 Å². The first kappa shape index (κ1) is 16.5. The van der Waals surface area contributed by atoms with Crippen LogP contribution in [-0.2, 0) is 4.79 Å². The van der Waals surface area contributed by atoms with Crippen LogP contribution in [-0.4, -0.2) is 18.0 Å². The zero-order valence-electron chi connectivity index (χ0n) is 13.2. The van der Waals surface area contributed by atoms with Crippen molar-refractivity contribution in [2.75, 3.05) is 0 Å². The van der Waals surface area contributed by atoms with Crippen molar-refractivity contribution in [1.82, 2.24) is 5.32 Å². The summed E-state index contributed by atoms with van der Waals surface area (Å²) in [7, 11) is 0. The first-order chi connectivity index (χ1) is 8.82. The lowest BCUT2D eigenvalue weighted by atomic mass is 9.83. The molecule has 3 N–H and O–H groups in total. The van der Waals surface area contributed by atoms with Crippen LogP contribution in [0.1, 0.15) is 72.6 Å². The van der Waals surface area contributed by atoms with E-state index in [4.69, 9.17) is 5.73 Å². The van der Waals surface area contributed by atoms with Gasteiger partial charge in [0, 0.05) is 18.5 Å². The minimum Gasteiger partial charge on any atom is -0.353 e. The number of carbonyl (C=O) groups is 1. The Kier molecular flexibility index (Phi) is 6.31. The van der Waals surface area contributed by atoms with Crippen LogP contribution < -0.4 is 11.1 Å². The molecule has 1 rings (SSSR count). The van der Waals surface area contributed by atoms with Crippen molar-refractivity contribution in [3.8, 4) is 0 Å². The number of rotatable bonds is 5. The van der Waals surface area contributed by atoms with Gasteiger partial charge in [-0.15, -0.1) is 0 Å². The smallest absolute Gasteiger partial charge is 0.221 e. The van der Waals surface area contributed by atoms with Crippen LogP contribution in [0.25, 0.3) is 0 Å². The molecule has 1 unspecified atom stereocenters. The van der Waals surface area contributed by atoms with Gasteiger partial charge >= 0.3 is 0 Å². The molecule has 0 aromatic heterocycles. The molecular formula is C16H32N2O. The van der Waals surface area contributed by atoms with Gasteiger partial charge in [0.25, 0.3) is 0 Å². The number of hydrogen-bond donors (Lipinski definition) is 2. The molecule has 3 heteroatoms. The Labute approximate surface area is 118 Å². The van der Waals surface area contributed by atoms with E-state index in [0.717, 1.165) is 18.8 Å². The Balaban J connectivity index is 2.27. The lowest BCUT2D eigenvalue weighted by molar-refractivity contribution is -0.122. The summed E-state index contributed by atoms with van der Waals surface area (Å²) in [6.07, 6.45) is 7.88. The van der Waals surface area contributed by atoms with Gasteiger partial charge in [0.15, 0.2) is 0 Å². The van der Waals surface area contributed by atoms with Gasteiger partial charge in [-0.25, -0.2) is 0 Å². The fourth-order valence-corrected chi connectivity index (χ4v) is 2.80. The van der Waals surface area contributed by atoms with Crippen molar-refractivity contribution in [1.29, 1.82) is 0 Å². The number of nitrogens with two attached hydrogens (primary N) is 1. The molecule has 0 spiro atoms. The molecule has 1 amide bonds. The molecular weight excluding hydrogens is 236 g/mol. The lowest BCUT2D eigenvalue weighted by Gasteiger charge is -2.30.